The summed E-state index contributed by atoms with van der Waals surface area (Å²) in [6.07, 6.45) is 1.86. The number of amides is 1. The topological polar surface area (TPSA) is 146 Å². The van der Waals surface area contributed by atoms with Gasteiger partial charge in [0.05, 0.1) is 28.1 Å². The van der Waals surface area contributed by atoms with Crippen LogP contribution >= 0.6 is 0 Å². The molecule has 0 bridgehead atoms. The van der Waals surface area contributed by atoms with Crippen LogP contribution in [0.1, 0.15) is 46.2 Å². The van der Waals surface area contributed by atoms with Gasteiger partial charge in [0.1, 0.15) is 5.65 Å². The van der Waals surface area contributed by atoms with Crippen LogP contribution in [0.2, 0.25) is 0 Å². The fourth-order valence-electron chi connectivity index (χ4n) is 3.90. The Morgan fingerprint density at radius 3 is 2.31 bits per heavy atom. The zero-order valence-corrected chi connectivity index (χ0v) is 23.5. The van der Waals surface area contributed by atoms with E-state index in [1.165, 1.54) is 6.92 Å². The van der Waals surface area contributed by atoms with E-state index in [9.17, 15) is 9.59 Å². The highest BCUT2D eigenvalue weighted by Gasteiger charge is 2.17. The highest BCUT2D eigenvalue weighted by atomic mass is 16.1. The second kappa shape index (κ2) is 12.8. The molecule has 2 aromatic heterocycles. The molecule has 0 radical (unpaired) electrons. The van der Waals surface area contributed by atoms with Crippen LogP contribution < -0.4 is 26.8 Å². The van der Waals surface area contributed by atoms with Crippen molar-refractivity contribution < 1.29 is 4.79 Å². The zero-order chi connectivity index (χ0) is 28.7. The summed E-state index contributed by atoms with van der Waals surface area (Å²) < 4.78 is 1.92. The molecule has 39 heavy (non-hydrogen) atoms. The Kier molecular flexibility index (Phi) is 9.56. The number of nitrogens with one attached hydrogen (secondary N) is 3. The summed E-state index contributed by atoms with van der Waals surface area (Å²) in [5.74, 6) is -0.0161. The molecule has 4 rings (SSSR count). The van der Waals surface area contributed by atoms with E-state index >= 15 is 0 Å². The number of nitrogens with zero attached hydrogens (tertiary/aromatic N) is 5. The average Bonchev–Trinajstić information content (AvgIpc) is 3.29. The highest BCUT2D eigenvalue weighted by Crippen LogP contribution is 2.31. The lowest BCUT2D eigenvalue weighted by Gasteiger charge is -2.13. The molecule has 0 aliphatic heterocycles. The van der Waals surface area contributed by atoms with Crippen LogP contribution in [0.3, 0.4) is 0 Å². The summed E-state index contributed by atoms with van der Waals surface area (Å²) in [6.45, 7) is 9.66. The van der Waals surface area contributed by atoms with Crippen molar-refractivity contribution in [2.45, 2.75) is 47.2 Å². The smallest absolute Gasteiger partial charge is 0.262 e. The number of aromatic amines is 1. The molecule has 0 atom stereocenters. The van der Waals surface area contributed by atoms with E-state index in [1.54, 1.807) is 18.2 Å². The number of rotatable bonds is 8. The second-order valence-electron chi connectivity index (χ2n) is 9.12. The summed E-state index contributed by atoms with van der Waals surface area (Å²) in [5, 5.41) is 15.0. The summed E-state index contributed by atoms with van der Waals surface area (Å²) in [6, 6.07) is 12.9. The number of carbonyl (C=O) groups excluding carboxylic acids is 1. The van der Waals surface area contributed by atoms with Crippen LogP contribution in [0.4, 0.5) is 34.4 Å². The molecule has 0 spiro atoms. The Bertz CT molecular complexity index is 1520. The third-order valence-corrected chi connectivity index (χ3v) is 5.75. The van der Waals surface area contributed by atoms with Gasteiger partial charge >= 0.3 is 0 Å². The molecular weight excluding hydrogens is 494 g/mol. The van der Waals surface area contributed by atoms with E-state index in [-0.39, 0.29) is 30.0 Å². The Morgan fingerprint density at radius 1 is 1.08 bits per heavy atom. The van der Waals surface area contributed by atoms with Crippen molar-refractivity contribution in [1.29, 1.82) is 0 Å². The van der Waals surface area contributed by atoms with Gasteiger partial charge in [-0.1, -0.05) is 13.8 Å². The van der Waals surface area contributed by atoms with Gasteiger partial charge in [-0.05, 0) is 61.9 Å². The minimum atomic E-state index is -0.301. The van der Waals surface area contributed by atoms with E-state index in [4.69, 9.17) is 5.73 Å². The van der Waals surface area contributed by atoms with Crippen LogP contribution in [-0.4, -0.2) is 34.5 Å². The SMILES string of the molecule is CC.CC(=O)Nc1ccc(N=Nc2ccc(N(C)C)cc2)cc1Nc1nc2c(c(CN)cn2C(C)C)c(=O)[nH]1. The van der Waals surface area contributed by atoms with Crippen molar-refractivity contribution in [3.8, 4) is 0 Å². The number of carbonyl (C=O) groups is 1. The summed E-state index contributed by atoms with van der Waals surface area (Å²) in [5.41, 5.74) is 10.1. The van der Waals surface area contributed by atoms with Crippen LogP contribution in [0.15, 0.2) is 63.7 Å². The number of hydrogen-bond acceptors (Lipinski definition) is 8. The second-order valence-corrected chi connectivity index (χ2v) is 9.12. The summed E-state index contributed by atoms with van der Waals surface area (Å²) in [4.78, 5) is 34.2. The lowest BCUT2D eigenvalue weighted by Crippen LogP contribution is -2.14. The quantitative estimate of drug-likeness (QED) is 0.206. The normalized spacial score (nSPS) is 11.0. The van der Waals surface area contributed by atoms with Crippen molar-refractivity contribution >= 4 is 51.3 Å². The van der Waals surface area contributed by atoms with Crippen molar-refractivity contribution in [2.24, 2.45) is 16.0 Å². The van der Waals surface area contributed by atoms with Gasteiger partial charge in [-0.25, -0.2) is 0 Å². The van der Waals surface area contributed by atoms with E-state index < -0.39 is 0 Å². The zero-order valence-electron chi connectivity index (χ0n) is 23.5. The maximum atomic E-state index is 12.9. The van der Waals surface area contributed by atoms with Crippen molar-refractivity contribution in [3.05, 3.63) is 64.6 Å². The average molecular weight is 532 g/mol. The number of nitrogens with two attached hydrogens (primary N) is 1. The standard InChI is InChI=1S/C26H31N9O2.C2H6/c1-15(2)35-14-17(13-27)23-24(35)30-26(31-25(23)37)29-22-12-19(8-11-21(22)28-16(3)36)33-32-18-6-9-20(10-7-18)34(4)5;1-2/h6-12,14-15H,13,27H2,1-5H3,(H,28,36)(H2,29,30,31,37);1-2H3. The first-order valence-electron chi connectivity index (χ1n) is 12.9. The summed E-state index contributed by atoms with van der Waals surface area (Å²) in [7, 11) is 3.94. The summed E-state index contributed by atoms with van der Waals surface area (Å²) >= 11 is 0. The molecule has 0 aliphatic rings. The number of anilines is 4. The van der Waals surface area contributed by atoms with Crippen LogP contribution in [-0.2, 0) is 11.3 Å². The fraction of sp³-hybridized carbons (Fsp3) is 0.321. The Hall–Kier alpha value is -4.51. The Balaban J connectivity index is 0.00000205. The van der Waals surface area contributed by atoms with Gasteiger partial charge in [0.2, 0.25) is 11.9 Å². The van der Waals surface area contributed by atoms with Crippen LogP contribution in [0.25, 0.3) is 11.0 Å². The molecule has 4 aromatic rings. The number of H-pyrrole nitrogens is 1. The highest BCUT2D eigenvalue weighted by molar-refractivity contribution is 5.94. The molecule has 2 heterocycles. The van der Waals surface area contributed by atoms with Gasteiger partial charge in [0.15, 0.2) is 0 Å². The molecule has 2 aromatic carbocycles. The van der Waals surface area contributed by atoms with E-state index in [2.05, 4.69) is 30.8 Å². The predicted molar refractivity (Wildman–Crippen MR) is 159 cm³/mol. The first-order valence-corrected chi connectivity index (χ1v) is 12.9. The maximum Gasteiger partial charge on any atom is 0.262 e. The third kappa shape index (κ3) is 6.88. The molecule has 0 saturated heterocycles. The number of benzene rings is 2. The van der Waals surface area contributed by atoms with Gasteiger partial charge in [0, 0.05) is 45.5 Å². The minimum Gasteiger partial charge on any atom is -0.378 e. The number of fused-ring (bicyclic) bond motifs is 1. The number of aromatic nitrogens is 3. The Labute approximate surface area is 228 Å². The third-order valence-electron chi connectivity index (χ3n) is 5.75. The van der Waals surface area contributed by atoms with Gasteiger partial charge < -0.3 is 25.8 Å². The molecule has 11 heteroatoms. The molecule has 5 N–H and O–H groups in total. The Morgan fingerprint density at radius 2 is 1.72 bits per heavy atom. The predicted octanol–water partition coefficient (Wildman–Crippen LogP) is 5.97. The monoisotopic (exact) mass is 531 g/mol. The van der Waals surface area contributed by atoms with Crippen LogP contribution in [0, 0.1) is 0 Å². The minimum absolute atomic E-state index is 0.0791. The van der Waals surface area contributed by atoms with Crippen molar-refractivity contribution in [1.82, 2.24) is 14.5 Å². The molecule has 0 saturated carbocycles. The van der Waals surface area contributed by atoms with Gasteiger partial charge in [-0.3, -0.25) is 14.6 Å². The van der Waals surface area contributed by atoms with Gasteiger partial charge in [-0.2, -0.15) is 15.2 Å². The lowest BCUT2D eigenvalue weighted by molar-refractivity contribution is -0.114. The van der Waals surface area contributed by atoms with Gasteiger partial charge in [-0.15, -0.1) is 0 Å². The molecular formula is C28H37N9O2. The molecule has 206 valence electrons. The fourth-order valence-corrected chi connectivity index (χ4v) is 3.90. The number of hydrogen-bond donors (Lipinski definition) is 4. The first kappa shape index (κ1) is 29.1. The molecule has 0 aliphatic carbocycles. The largest absolute Gasteiger partial charge is 0.378 e. The van der Waals surface area contributed by atoms with Crippen molar-refractivity contribution in [3.63, 3.8) is 0 Å². The van der Waals surface area contributed by atoms with E-state index in [0.29, 0.717) is 33.8 Å². The van der Waals surface area contributed by atoms with Crippen molar-refractivity contribution in [2.75, 3.05) is 29.6 Å². The van der Waals surface area contributed by atoms with E-state index in [0.717, 1.165) is 11.3 Å². The molecule has 11 nitrogen and oxygen atoms in total. The van der Waals surface area contributed by atoms with E-state index in [1.807, 2.05) is 81.7 Å². The number of azo groups is 1. The maximum absolute atomic E-state index is 12.9. The first-order chi connectivity index (χ1) is 18.7. The van der Waals surface area contributed by atoms with Gasteiger partial charge in [0.25, 0.3) is 5.56 Å². The molecule has 0 fully saturated rings. The lowest BCUT2D eigenvalue weighted by atomic mass is 10.2. The molecule has 1 amide bonds. The van der Waals surface area contributed by atoms with Crippen LogP contribution in [0.5, 0.6) is 0 Å². The molecule has 0 unspecified atom stereocenters.